The Morgan fingerprint density at radius 3 is 1.44 bits per heavy atom. The molecule has 0 aliphatic carbocycles. The second kappa shape index (κ2) is 20.5. The molecule has 0 heterocycles. The summed E-state index contributed by atoms with van der Waals surface area (Å²) in [4.78, 5) is 0. The predicted octanol–water partition coefficient (Wildman–Crippen LogP) is 2.07. The lowest BCUT2D eigenvalue weighted by molar-refractivity contribution is 0.0845. The smallest absolute Gasteiger partial charge is 0.0494 e. The highest BCUT2D eigenvalue weighted by molar-refractivity contribution is 4.68. The summed E-state index contributed by atoms with van der Waals surface area (Å²) >= 11 is 0. The van der Waals surface area contributed by atoms with E-state index in [4.69, 9.17) is 20.7 Å². The summed E-state index contributed by atoms with van der Waals surface area (Å²) < 4.78 is 5.82. The fourth-order valence-corrected chi connectivity index (χ4v) is 3.68. The molecule has 0 bridgehead atoms. The van der Waals surface area contributed by atoms with Gasteiger partial charge < -0.3 is 30.9 Å². The maximum atomic E-state index is 9.28. The van der Waals surface area contributed by atoms with Crippen LogP contribution in [0.1, 0.15) is 70.6 Å². The second-order valence-electron chi connectivity index (χ2n) is 7.73. The van der Waals surface area contributed by atoms with Crippen molar-refractivity contribution in [3.05, 3.63) is 0 Å². The molecular weight excluding hydrogens is 346 g/mol. The number of hydrogen-bond acceptors (Lipinski definition) is 6. The van der Waals surface area contributed by atoms with Crippen molar-refractivity contribution in [2.24, 2.45) is 23.5 Å². The molecule has 0 saturated heterocycles. The normalized spacial score (nSPS) is 15.0. The number of aliphatic hydroxyl groups excluding tert-OH is 4. The lowest BCUT2D eigenvalue weighted by Crippen LogP contribution is -2.16. The first-order valence-corrected chi connectivity index (χ1v) is 10.9. The molecule has 0 spiro atoms. The summed E-state index contributed by atoms with van der Waals surface area (Å²) in [5.41, 5.74) is 5.53. The number of ether oxygens (including phenoxy) is 1. The zero-order chi connectivity index (χ0) is 20.2. The fraction of sp³-hybridized carbons (Fsp3) is 1.00. The molecule has 0 rings (SSSR count). The van der Waals surface area contributed by atoms with E-state index in [1.54, 1.807) is 0 Å². The molecule has 0 aromatic heterocycles. The van der Waals surface area contributed by atoms with Crippen molar-refractivity contribution >= 4 is 0 Å². The van der Waals surface area contributed by atoms with E-state index in [1.807, 2.05) is 0 Å². The largest absolute Gasteiger partial charge is 0.396 e. The average Bonchev–Trinajstić information content (AvgIpc) is 2.68. The van der Waals surface area contributed by atoms with Gasteiger partial charge in [0.15, 0.2) is 0 Å². The van der Waals surface area contributed by atoms with E-state index in [9.17, 15) is 10.2 Å². The zero-order valence-corrected chi connectivity index (χ0v) is 17.2. The molecule has 0 fully saturated rings. The maximum absolute atomic E-state index is 9.28. The highest BCUT2D eigenvalue weighted by Crippen LogP contribution is 2.26. The summed E-state index contributed by atoms with van der Waals surface area (Å²) in [6, 6.07) is 0. The van der Waals surface area contributed by atoms with Crippen molar-refractivity contribution in [3.8, 4) is 0 Å². The zero-order valence-electron chi connectivity index (χ0n) is 17.2. The minimum Gasteiger partial charge on any atom is -0.396 e. The van der Waals surface area contributed by atoms with Gasteiger partial charge in [0.25, 0.3) is 0 Å². The van der Waals surface area contributed by atoms with E-state index in [-0.39, 0.29) is 26.4 Å². The molecule has 27 heavy (non-hydrogen) atoms. The summed E-state index contributed by atoms with van der Waals surface area (Å²) in [5, 5.41) is 36.7. The molecule has 2 atom stereocenters. The Balaban J connectivity index is 4.49. The van der Waals surface area contributed by atoms with Gasteiger partial charge in [-0.3, -0.25) is 0 Å². The van der Waals surface area contributed by atoms with Crippen LogP contribution in [-0.2, 0) is 4.74 Å². The first kappa shape index (κ1) is 26.8. The quantitative estimate of drug-likeness (QED) is 0.191. The molecule has 0 aromatic rings. The molecule has 0 saturated carbocycles. The van der Waals surface area contributed by atoms with Gasteiger partial charge in [-0.1, -0.05) is 12.8 Å². The molecule has 164 valence electrons. The number of aliphatic hydroxyl groups is 4. The van der Waals surface area contributed by atoms with Crippen LogP contribution in [0.2, 0.25) is 0 Å². The molecule has 6 heteroatoms. The summed E-state index contributed by atoms with van der Waals surface area (Å²) in [7, 11) is 0. The highest BCUT2D eigenvalue weighted by Gasteiger charge is 2.17. The van der Waals surface area contributed by atoms with Crippen molar-refractivity contribution in [2.45, 2.75) is 70.6 Å². The van der Waals surface area contributed by atoms with Crippen LogP contribution in [-0.4, -0.2) is 66.6 Å². The Morgan fingerprint density at radius 1 is 0.556 bits per heavy atom. The van der Waals surface area contributed by atoms with Gasteiger partial charge in [0, 0.05) is 39.6 Å². The van der Waals surface area contributed by atoms with E-state index in [1.165, 1.54) is 0 Å². The van der Waals surface area contributed by atoms with Gasteiger partial charge in [-0.05, 0) is 82.1 Å². The number of rotatable bonds is 21. The van der Waals surface area contributed by atoms with Gasteiger partial charge in [0.2, 0.25) is 0 Å². The van der Waals surface area contributed by atoms with Crippen molar-refractivity contribution in [1.82, 2.24) is 0 Å². The van der Waals surface area contributed by atoms with Crippen LogP contribution >= 0.6 is 0 Å². The van der Waals surface area contributed by atoms with Crippen LogP contribution in [0.3, 0.4) is 0 Å². The Bertz CT molecular complexity index is 272. The molecule has 6 nitrogen and oxygen atoms in total. The Morgan fingerprint density at radius 2 is 1.04 bits per heavy atom. The topological polar surface area (TPSA) is 116 Å². The molecule has 6 N–H and O–H groups in total. The van der Waals surface area contributed by atoms with Gasteiger partial charge in [0.1, 0.15) is 0 Å². The van der Waals surface area contributed by atoms with Crippen molar-refractivity contribution in [3.63, 3.8) is 0 Å². The van der Waals surface area contributed by atoms with Gasteiger partial charge in [-0.2, -0.15) is 0 Å². The molecule has 0 radical (unpaired) electrons. The van der Waals surface area contributed by atoms with Crippen LogP contribution in [0, 0.1) is 17.8 Å². The third-order valence-electron chi connectivity index (χ3n) is 5.43. The summed E-state index contributed by atoms with van der Waals surface area (Å²) in [6.07, 6.45) is 10.2. The van der Waals surface area contributed by atoms with Crippen molar-refractivity contribution < 1.29 is 25.2 Å². The monoisotopic (exact) mass is 391 g/mol. The SMILES string of the molecule is NCCCOCC(CCC(CCO)CCCO)CCC(CCO)CCCO. The van der Waals surface area contributed by atoms with Gasteiger partial charge >= 0.3 is 0 Å². The lowest BCUT2D eigenvalue weighted by Gasteiger charge is -2.23. The third kappa shape index (κ3) is 16.4. The first-order chi connectivity index (χ1) is 13.2. The molecule has 0 aliphatic heterocycles. The minimum atomic E-state index is 0.202. The standard InChI is InChI=1S/C21H45NO5/c22-12-3-17-27-18-21(8-6-19(10-15-25)4-1-13-23)9-7-20(11-16-26)5-2-14-24/h19-21,23-26H,1-18,22H2. The van der Waals surface area contributed by atoms with E-state index in [0.29, 0.717) is 30.9 Å². The fourth-order valence-electron chi connectivity index (χ4n) is 3.68. The van der Waals surface area contributed by atoms with Crippen LogP contribution < -0.4 is 5.73 Å². The minimum absolute atomic E-state index is 0.202. The highest BCUT2D eigenvalue weighted by atomic mass is 16.5. The number of nitrogens with two attached hydrogens (primary N) is 1. The van der Waals surface area contributed by atoms with Crippen LogP contribution in [0.5, 0.6) is 0 Å². The van der Waals surface area contributed by atoms with Gasteiger partial charge in [-0.25, -0.2) is 0 Å². The van der Waals surface area contributed by atoms with Crippen LogP contribution in [0.25, 0.3) is 0 Å². The van der Waals surface area contributed by atoms with Crippen LogP contribution in [0.4, 0.5) is 0 Å². The average molecular weight is 392 g/mol. The molecule has 2 unspecified atom stereocenters. The van der Waals surface area contributed by atoms with Gasteiger partial charge in [0.05, 0.1) is 0 Å². The van der Waals surface area contributed by atoms with Crippen LogP contribution in [0.15, 0.2) is 0 Å². The first-order valence-electron chi connectivity index (χ1n) is 10.9. The lowest BCUT2D eigenvalue weighted by atomic mass is 9.86. The van der Waals surface area contributed by atoms with E-state index in [2.05, 4.69) is 0 Å². The molecule has 0 aliphatic rings. The molecular formula is C21H45NO5. The van der Waals surface area contributed by atoms with E-state index in [0.717, 1.165) is 77.2 Å². The Labute approximate surface area is 166 Å². The summed E-state index contributed by atoms with van der Waals surface area (Å²) in [6.45, 7) is 2.90. The molecule has 0 aromatic carbocycles. The number of hydrogen-bond donors (Lipinski definition) is 5. The van der Waals surface area contributed by atoms with E-state index < -0.39 is 0 Å². The Hall–Kier alpha value is -0.240. The molecule has 0 amide bonds. The van der Waals surface area contributed by atoms with Gasteiger partial charge in [-0.15, -0.1) is 0 Å². The van der Waals surface area contributed by atoms with Crippen molar-refractivity contribution in [2.75, 3.05) is 46.2 Å². The summed E-state index contributed by atoms with van der Waals surface area (Å²) in [5.74, 6) is 1.38. The predicted molar refractivity (Wildman–Crippen MR) is 109 cm³/mol. The second-order valence-corrected chi connectivity index (χ2v) is 7.73. The maximum Gasteiger partial charge on any atom is 0.0494 e. The van der Waals surface area contributed by atoms with Crippen molar-refractivity contribution in [1.29, 1.82) is 0 Å². The van der Waals surface area contributed by atoms with E-state index >= 15 is 0 Å². The third-order valence-corrected chi connectivity index (χ3v) is 5.43. The Kier molecular flexibility index (Phi) is 20.3.